The Labute approximate surface area is 132 Å². The molecule has 0 aliphatic carbocycles. The summed E-state index contributed by atoms with van der Waals surface area (Å²) in [5.74, 6) is 0.564. The Bertz CT molecular complexity index is 599. The van der Waals surface area contributed by atoms with Gasteiger partial charge in [-0.1, -0.05) is 24.3 Å². The van der Waals surface area contributed by atoms with Gasteiger partial charge in [0.05, 0.1) is 18.2 Å². The lowest BCUT2D eigenvalue weighted by Gasteiger charge is -2.10. The Kier molecular flexibility index (Phi) is 5.61. The van der Waals surface area contributed by atoms with E-state index in [1.807, 2.05) is 36.4 Å². The van der Waals surface area contributed by atoms with Gasteiger partial charge in [0.1, 0.15) is 0 Å². The van der Waals surface area contributed by atoms with Gasteiger partial charge < -0.3 is 20.3 Å². The molecule has 0 aromatic heterocycles. The summed E-state index contributed by atoms with van der Waals surface area (Å²) in [4.78, 5) is 0. The summed E-state index contributed by atoms with van der Waals surface area (Å²) in [6.07, 6.45) is 0. The standard InChI is InChI=1S/C16H18BrNO3/c1-21-15-7-13(6-14(17)16(15)20)9-18-8-11-2-4-12(10-19)5-3-11/h2-7,18-20H,8-10H2,1H3. The first-order valence-corrected chi connectivity index (χ1v) is 7.38. The van der Waals surface area contributed by atoms with Crippen molar-refractivity contribution in [3.8, 4) is 11.5 Å². The van der Waals surface area contributed by atoms with E-state index < -0.39 is 0 Å². The Morgan fingerprint density at radius 2 is 1.67 bits per heavy atom. The first-order valence-electron chi connectivity index (χ1n) is 6.59. The van der Waals surface area contributed by atoms with Crippen LogP contribution in [0.3, 0.4) is 0 Å². The summed E-state index contributed by atoms with van der Waals surface area (Å²) in [6, 6.07) is 11.5. The number of ether oxygens (including phenoxy) is 1. The first-order chi connectivity index (χ1) is 10.1. The van der Waals surface area contributed by atoms with E-state index in [1.165, 1.54) is 7.11 Å². The number of phenolic OH excluding ortho intramolecular Hbond substituents is 1. The smallest absolute Gasteiger partial charge is 0.172 e. The van der Waals surface area contributed by atoms with Crippen molar-refractivity contribution in [2.45, 2.75) is 19.7 Å². The van der Waals surface area contributed by atoms with Gasteiger partial charge in [-0.3, -0.25) is 0 Å². The minimum atomic E-state index is 0.0645. The van der Waals surface area contributed by atoms with Crippen LogP contribution in [0.1, 0.15) is 16.7 Å². The molecule has 0 aliphatic rings. The maximum Gasteiger partial charge on any atom is 0.172 e. The molecule has 4 nitrogen and oxygen atoms in total. The van der Waals surface area contributed by atoms with Crippen molar-refractivity contribution in [3.05, 3.63) is 57.6 Å². The molecule has 2 aromatic rings. The van der Waals surface area contributed by atoms with Crippen LogP contribution >= 0.6 is 15.9 Å². The molecule has 0 radical (unpaired) electrons. The lowest BCUT2D eigenvalue weighted by Crippen LogP contribution is -2.12. The quantitative estimate of drug-likeness (QED) is 0.748. The molecule has 0 bridgehead atoms. The van der Waals surface area contributed by atoms with E-state index in [-0.39, 0.29) is 12.4 Å². The fourth-order valence-corrected chi connectivity index (χ4v) is 2.49. The summed E-state index contributed by atoms with van der Waals surface area (Å²) >= 11 is 3.31. The van der Waals surface area contributed by atoms with E-state index in [0.29, 0.717) is 16.8 Å². The van der Waals surface area contributed by atoms with E-state index in [2.05, 4.69) is 21.2 Å². The molecule has 112 valence electrons. The molecule has 3 N–H and O–H groups in total. The Morgan fingerprint density at radius 3 is 2.29 bits per heavy atom. The third-order valence-corrected chi connectivity index (χ3v) is 3.78. The van der Waals surface area contributed by atoms with Gasteiger partial charge in [0.2, 0.25) is 0 Å². The molecule has 2 aromatic carbocycles. The second kappa shape index (κ2) is 7.45. The highest BCUT2D eigenvalue weighted by Gasteiger charge is 2.08. The molecule has 0 amide bonds. The predicted octanol–water partition coefficient (Wildman–Crippen LogP) is 2.95. The summed E-state index contributed by atoms with van der Waals surface area (Å²) in [7, 11) is 1.53. The number of aromatic hydroxyl groups is 1. The second-order valence-corrected chi connectivity index (χ2v) is 5.56. The number of methoxy groups -OCH3 is 1. The molecule has 0 heterocycles. The normalized spacial score (nSPS) is 10.6. The van der Waals surface area contributed by atoms with Gasteiger partial charge in [0.15, 0.2) is 11.5 Å². The zero-order valence-corrected chi connectivity index (χ0v) is 13.4. The Balaban J connectivity index is 1.95. The highest BCUT2D eigenvalue weighted by Crippen LogP contribution is 2.35. The molecular weight excluding hydrogens is 334 g/mol. The number of nitrogens with one attached hydrogen (secondary N) is 1. The molecule has 2 rings (SSSR count). The van der Waals surface area contributed by atoms with Crippen molar-refractivity contribution in [1.82, 2.24) is 5.32 Å². The zero-order valence-electron chi connectivity index (χ0n) is 11.8. The number of halogens is 1. The fraction of sp³-hybridized carbons (Fsp3) is 0.250. The summed E-state index contributed by atoms with van der Waals surface area (Å²) in [5, 5.41) is 22.1. The monoisotopic (exact) mass is 351 g/mol. The molecule has 0 spiro atoms. The molecule has 0 unspecified atom stereocenters. The Morgan fingerprint density at radius 1 is 1.05 bits per heavy atom. The van der Waals surface area contributed by atoms with Crippen LogP contribution in [0.25, 0.3) is 0 Å². The van der Waals surface area contributed by atoms with Gasteiger partial charge in [0, 0.05) is 13.1 Å². The molecule has 0 fully saturated rings. The van der Waals surface area contributed by atoms with E-state index >= 15 is 0 Å². The maximum absolute atomic E-state index is 9.76. The number of aliphatic hydroxyl groups is 1. The molecule has 0 aliphatic heterocycles. The number of aliphatic hydroxyl groups excluding tert-OH is 1. The maximum atomic E-state index is 9.76. The number of benzene rings is 2. The van der Waals surface area contributed by atoms with Crippen molar-refractivity contribution in [2.24, 2.45) is 0 Å². The van der Waals surface area contributed by atoms with Crippen LogP contribution in [0, 0.1) is 0 Å². The van der Waals surface area contributed by atoms with Crippen LogP contribution in [-0.2, 0) is 19.7 Å². The van der Waals surface area contributed by atoms with Crippen LogP contribution < -0.4 is 10.1 Å². The van der Waals surface area contributed by atoms with Crippen molar-refractivity contribution in [2.75, 3.05) is 7.11 Å². The summed E-state index contributed by atoms with van der Waals surface area (Å²) in [6.45, 7) is 1.46. The first kappa shape index (κ1) is 15.8. The zero-order chi connectivity index (χ0) is 15.2. The van der Waals surface area contributed by atoms with Gasteiger partial charge in [-0.05, 0) is 44.8 Å². The molecular formula is C16H18BrNO3. The molecule has 5 heteroatoms. The molecule has 21 heavy (non-hydrogen) atoms. The third-order valence-electron chi connectivity index (χ3n) is 3.17. The number of phenols is 1. The highest BCUT2D eigenvalue weighted by molar-refractivity contribution is 9.10. The minimum Gasteiger partial charge on any atom is -0.503 e. The molecule has 0 atom stereocenters. The summed E-state index contributed by atoms with van der Waals surface area (Å²) < 4.78 is 5.74. The number of hydrogen-bond acceptors (Lipinski definition) is 4. The third kappa shape index (κ3) is 4.20. The number of rotatable bonds is 6. The SMILES string of the molecule is COc1cc(CNCc2ccc(CO)cc2)cc(Br)c1O. The van der Waals surface area contributed by atoms with Crippen LogP contribution in [0.4, 0.5) is 0 Å². The van der Waals surface area contributed by atoms with Crippen molar-refractivity contribution in [3.63, 3.8) is 0 Å². The lowest BCUT2D eigenvalue weighted by molar-refractivity contribution is 0.282. The minimum absolute atomic E-state index is 0.0645. The molecule has 0 saturated heterocycles. The van der Waals surface area contributed by atoms with Gasteiger partial charge in [0.25, 0.3) is 0 Å². The average Bonchev–Trinajstić information content (AvgIpc) is 2.51. The van der Waals surface area contributed by atoms with Crippen LogP contribution in [-0.4, -0.2) is 17.3 Å². The largest absolute Gasteiger partial charge is 0.503 e. The van der Waals surface area contributed by atoms with Gasteiger partial charge >= 0.3 is 0 Å². The van der Waals surface area contributed by atoms with E-state index in [0.717, 1.165) is 23.2 Å². The van der Waals surface area contributed by atoms with E-state index in [4.69, 9.17) is 9.84 Å². The fourth-order valence-electron chi connectivity index (χ4n) is 2.00. The topological polar surface area (TPSA) is 61.7 Å². The number of hydrogen-bond donors (Lipinski definition) is 3. The van der Waals surface area contributed by atoms with Crippen molar-refractivity contribution in [1.29, 1.82) is 0 Å². The van der Waals surface area contributed by atoms with Crippen LogP contribution in [0.2, 0.25) is 0 Å². The predicted molar refractivity (Wildman–Crippen MR) is 85.3 cm³/mol. The van der Waals surface area contributed by atoms with E-state index in [9.17, 15) is 5.11 Å². The van der Waals surface area contributed by atoms with E-state index in [1.54, 1.807) is 0 Å². The summed E-state index contributed by atoms with van der Waals surface area (Å²) in [5.41, 5.74) is 3.08. The van der Waals surface area contributed by atoms with Crippen LogP contribution in [0.5, 0.6) is 11.5 Å². The van der Waals surface area contributed by atoms with Crippen molar-refractivity contribution < 1.29 is 14.9 Å². The van der Waals surface area contributed by atoms with Crippen LogP contribution in [0.15, 0.2) is 40.9 Å². The van der Waals surface area contributed by atoms with Crippen molar-refractivity contribution >= 4 is 15.9 Å². The second-order valence-electron chi connectivity index (χ2n) is 4.71. The van der Waals surface area contributed by atoms with Gasteiger partial charge in [-0.25, -0.2) is 0 Å². The molecule has 0 saturated carbocycles. The average molecular weight is 352 g/mol. The highest BCUT2D eigenvalue weighted by atomic mass is 79.9. The van der Waals surface area contributed by atoms with Gasteiger partial charge in [-0.2, -0.15) is 0 Å². The lowest BCUT2D eigenvalue weighted by atomic mass is 10.1. The Hall–Kier alpha value is -1.56. The van der Waals surface area contributed by atoms with Gasteiger partial charge in [-0.15, -0.1) is 0 Å².